The topological polar surface area (TPSA) is 126 Å². The van der Waals surface area contributed by atoms with Crippen LogP contribution in [-0.2, 0) is 16.6 Å². The van der Waals surface area contributed by atoms with Gasteiger partial charge in [-0.2, -0.15) is 10.4 Å². The monoisotopic (exact) mass is 504 g/mol. The van der Waals surface area contributed by atoms with E-state index in [1.165, 1.54) is 16.0 Å². The van der Waals surface area contributed by atoms with Crippen molar-refractivity contribution in [2.45, 2.75) is 25.9 Å². The summed E-state index contributed by atoms with van der Waals surface area (Å²) in [6, 6.07) is 6.90. The van der Waals surface area contributed by atoms with Crippen LogP contribution in [0.3, 0.4) is 0 Å². The van der Waals surface area contributed by atoms with Crippen molar-refractivity contribution in [1.29, 1.82) is 5.26 Å². The Balaban J connectivity index is 1.75. The second-order valence-corrected chi connectivity index (χ2v) is 11.0. The lowest BCUT2D eigenvalue weighted by Crippen LogP contribution is -2.44. The van der Waals surface area contributed by atoms with Crippen molar-refractivity contribution < 1.29 is 21.9 Å². The van der Waals surface area contributed by atoms with Crippen LogP contribution in [0.15, 0.2) is 24.4 Å². The maximum absolute atomic E-state index is 14.2. The van der Waals surface area contributed by atoms with E-state index in [2.05, 4.69) is 25.9 Å². The number of aromatic amines is 1. The number of rotatable bonds is 5. The van der Waals surface area contributed by atoms with Crippen molar-refractivity contribution in [3.05, 3.63) is 39.8 Å². The molecular weight excluding hydrogens is 486 g/mol. The molecule has 0 amide bonds. The number of H-pyrrole nitrogens is 1. The molecule has 1 atom stereocenters. The number of alkyl halides is 2. The van der Waals surface area contributed by atoms with Crippen LogP contribution in [0, 0.1) is 18.3 Å². The molecule has 0 saturated heterocycles. The van der Waals surface area contributed by atoms with Gasteiger partial charge < -0.3 is 9.72 Å². The zero-order valence-corrected chi connectivity index (χ0v) is 19.6. The Kier molecular flexibility index (Phi) is 5.38. The number of sulfonamides is 1. The second-order valence-electron chi connectivity index (χ2n) is 7.93. The predicted octanol–water partition coefficient (Wildman–Crippen LogP) is 3.58. The number of pyridine rings is 1. The number of nitrogens with zero attached hydrogens (tertiary/aromatic N) is 4. The van der Waals surface area contributed by atoms with Crippen LogP contribution in [-0.4, -0.2) is 47.1 Å². The van der Waals surface area contributed by atoms with Crippen LogP contribution in [0.5, 0.6) is 5.88 Å². The Morgan fingerprint density at radius 2 is 2.21 bits per heavy atom. The number of nitrogens with one attached hydrogen (secondary N) is 2. The molecule has 0 aromatic carbocycles. The first-order chi connectivity index (χ1) is 16.2. The molecule has 9 nitrogen and oxygen atoms in total. The maximum atomic E-state index is 14.2. The van der Waals surface area contributed by atoms with Gasteiger partial charge in [-0.05, 0) is 25.1 Å². The van der Waals surface area contributed by atoms with Crippen LogP contribution in [0.4, 0.5) is 8.78 Å². The van der Waals surface area contributed by atoms with Crippen LogP contribution in [0.2, 0.25) is 0 Å². The van der Waals surface area contributed by atoms with E-state index in [-0.39, 0.29) is 24.6 Å². The molecule has 0 radical (unpaired) electrons. The van der Waals surface area contributed by atoms with Crippen LogP contribution in [0.1, 0.15) is 21.9 Å². The Hall–Kier alpha value is -3.34. The zero-order valence-electron chi connectivity index (χ0n) is 18.0. The van der Waals surface area contributed by atoms with Gasteiger partial charge in [0.15, 0.2) is 0 Å². The highest BCUT2D eigenvalue weighted by atomic mass is 32.2. The highest BCUT2D eigenvalue weighted by Gasteiger charge is 2.34. The molecule has 0 saturated carbocycles. The molecule has 0 aliphatic carbocycles. The summed E-state index contributed by atoms with van der Waals surface area (Å²) in [4.78, 5) is 8.80. The van der Waals surface area contributed by atoms with Crippen LogP contribution < -0.4 is 9.46 Å². The fraction of sp³-hybridized carbons (Fsp3) is 0.286. The number of aromatic nitrogens is 4. The van der Waals surface area contributed by atoms with Gasteiger partial charge in [0.1, 0.15) is 28.9 Å². The van der Waals surface area contributed by atoms with Crippen molar-refractivity contribution >= 4 is 32.4 Å². The minimum atomic E-state index is -3.53. The van der Waals surface area contributed by atoms with Crippen molar-refractivity contribution in [1.82, 2.24) is 24.5 Å². The predicted molar refractivity (Wildman–Crippen MR) is 122 cm³/mol. The maximum Gasteiger partial charge on any atom is 0.282 e. The Bertz CT molecular complexity index is 1570. The van der Waals surface area contributed by atoms with Crippen molar-refractivity contribution in [2.75, 3.05) is 12.9 Å². The highest BCUT2D eigenvalue weighted by molar-refractivity contribution is 7.88. The molecule has 5 heterocycles. The smallest absolute Gasteiger partial charge is 0.282 e. The number of fused-ring (bicyclic) bond motifs is 2. The van der Waals surface area contributed by atoms with E-state index in [0.29, 0.717) is 32.7 Å². The lowest BCUT2D eigenvalue weighted by molar-refractivity contribution is 0.144. The van der Waals surface area contributed by atoms with Gasteiger partial charge in [0, 0.05) is 27.6 Å². The molecule has 1 aliphatic heterocycles. The molecular formula is C21H18F2N6O3S2. The third kappa shape index (κ3) is 3.83. The fourth-order valence-corrected chi connectivity index (χ4v) is 5.77. The number of nitriles is 1. The third-order valence-electron chi connectivity index (χ3n) is 5.38. The second kappa shape index (κ2) is 8.15. The Morgan fingerprint density at radius 3 is 2.91 bits per heavy atom. The van der Waals surface area contributed by atoms with Crippen LogP contribution >= 0.6 is 11.3 Å². The molecule has 0 fully saturated rings. The number of thiophene rings is 1. The van der Waals surface area contributed by atoms with E-state index in [1.54, 1.807) is 18.3 Å². The van der Waals surface area contributed by atoms with Gasteiger partial charge in [-0.25, -0.2) is 31.6 Å². The lowest BCUT2D eigenvalue weighted by Gasteiger charge is -2.24. The molecule has 5 rings (SSSR count). The van der Waals surface area contributed by atoms with Gasteiger partial charge in [0.25, 0.3) is 6.43 Å². The molecule has 4 aromatic rings. The highest BCUT2D eigenvalue weighted by Crippen LogP contribution is 2.47. The summed E-state index contributed by atoms with van der Waals surface area (Å²) in [6.07, 6.45) is -0.332. The van der Waals surface area contributed by atoms with E-state index >= 15 is 0 Å². The average molecular weight is 505 g/mol. The van der Waals surface area contributed by atoms with Gasteiger partial charge in [-0.3, -0.25) is 0 Å². The van der Waals surface area contributed by atoms with Gasteiger partial charge in [0.2, 0.25) is 15.9 Å². The third-order valence-corrected chi connectivity index (χ3v) is 7.10. The molecule has 176 valence electrons. The largest absolute Gasteiger partial charge is 0.476 e. The summed E-state index contributed by atoms with van der Waals surface area (Å²) < 4.78 is 61.1. The van der Waals surface area contributed by atoms with E-state index in [9.17, 15) is 22.5 Å². The summed E-state index contributed by atoms with van der Waals surface area (Å²) in [6.45, 7) is 1.84. The minimum absolute atomic E-state index is 0.0247. The van der Waals surface area contributed by atoms with E-state index in [0.717, 1.165) is 11.1 Å². The number of hydrogen-bond donors (Lipinski definition) is 2. The average Bonchev–Trinajstić information content (AvgIpc) is 3.43. The Morgan fingerprint density at radius 1 is 1.41 bits per heavy atom. The van der Waals surface area contributed by atoms with Crippen molar-refractivity contribution in [3.8, 4) is 34.3 Å². The molecule has 4 aromatic heterocycles. The fourth-order valence-electron chi connectivity index (χ4n) is 4.21. The minimum Gasteiger partial charge on any atom is -0.476 e. The van der Waals surface area contributed by atoms with Gasteiger partial charge in [0.05, 0.1) is 30.1 Å². The summed E-state index contributed by atoms with van der Waals surface area (Å²) in [5, 5.41) is 14.4. The molecule has 0 spiro atoms. The number of hydrogen-bond acceptors (Lipinski definition) is 7. The summed E-state index contributed by atoms with van der Waals surface area (Å²) in [7, 11) is -3.53. The van der Waals surface area contributed by atoms with Gasteiger partial charge in [-0.15, -0.1) is 11.3 Å². The standard InChI is InChI=1S/C21H18F2N6O3S2/c1-10-6-13(14(7-24)33-10)15-12-4-3-5-25-20(12)26-17(15)16-18(19(22)23)27-29-8-11(9-32-21(16)29)28-34(2,30)31/h3-6,11,19,28H,8-9H2,1-2H3,(H,25,26)/t11-/m0/s1. The quantitative estimate of drug-likeness (QED) is 0.428. The number of ether oxygens (including phenoxy) is 1. The first kappa shape index (κ1) is 22.5. The zero-order chi connectivity index (χ0) is 24.2. The summed E-state index contributed by atoms with van der Waals surface area (Å²) in [5.74, 6) is 0.0973. The molecule has 1 aliphatic rings. The van der Waals surface area contributed by atoms with E-state index in [1.807, 2.05) is 13.0 Å². The first-order valence-electron chi connectivity index (χ1n) is 10.1. The van der Waals surface area contributed by atoms with E-state index < -0.39 is 28.2 Å². The van der Waals surface area contributed by atoms with Crippen molar-refractivity contribution in [3.63, 3.8) is 0 Å². The normalized spacial score (nSPS) is 15.9. The Labute approximate surface area is 197 Å². The molecule has 34 heavy (non-hydrogen) atoms. The van der Waals surface area contributed by atoms with E-state index in [4.69, 9.17) is 4.74 Å². The molecule has 13 heteroatoms. The van der Waals surface area contributed by atoms with Crippen molar-refractivity contribution in [2.24, 2.45) is 0 Å². The lowest BCUT2D eigenvalue weighted by atomic mass is 9.99. The first-order valence-corrected chi connectivity index (χ1v) is 12.8. The molecule has 2 N–H and O–H groups in total. The summed E-state index contributed by atoms with van der Waals surface area (Å²) in [5.41, 5.74) is 1.50. The summed E-state index contributed by atoms with van der Waals surface area (Å²) >= 11 is 1.31. The van der Waals surface area contributed by atoms with Crippen LogP contribution in [0.25, 0.3) is 33.4 Å². The van der Waals surface area contributed by atoms with Gasteiger partial charge >= 0.3 is 0 Å². The molecule has 0 unspecified atom stereocenters. The van der Waals surface area contributed by atoms with Gasteiger partial charge in [-0.1, -0.05) is 0 Å². The molecule has 0 bridgehead atoms. The number of halogens is 2. The SMILES string of the molecule is Cc1cc(-c2c(-c3c(C(F)F)nn4c3OC[C@@H](NS(C)(=O)=O)C4)[nH]c3ncccc23)c(C#N)s1. The number of aryl methyl sites for hydroxylation is 1.